The number of hydrogen-bond donors (Lipinski definition) is 2. The third-order valence-corrected chi connectivity index (χ3v) is 5.79. The molecule has 0 spiro atoms. The molecule has 0 saturated heterocycles. The number of aryl methyl sites for hydroxylation is 1. The van der Waals surface area contributed by atoms with Crippen molar-refractivity contribution in [3.05, 3.63) is 85.8 Å². The minimum absolute atomic E-state index is 0.203. The molecule has 0 radical (unpaired) electrons. The maximum atomic E-state index is 12.1. The van der Waals surface area contributed by atoms with Gasteiger partial charge in [0, 0.05) is 21.3 Å². The summed E-state index contributed by atoms with van der Waals surface area (Å²) < 4.78 is 12.3. The van der Waals surface area contributed by atoms with Crippen LogP contribution in [0, 0.1) is 6.92 Å². The van der Waals surface area contributed by atoms with Gasteiger partial charge in [-0.15, -0.1) is 0 Å². The van der Waals surface area contributed by atoms with Gasteiger partial charge in [0.05, 0.1) is 17.3 Å². The maximum absolute atomic E-state index is 12.1. The molecule has 0 aromatic heterocycles. The van der Waals surface area contributed by atoms with Crippen LogP contribution < -0.4 is 20.2 Å². The van der Waals surface area contributed by atoms with Crippen molar-refractivity contribution in [3.63, 3.8) is 0 Å². The number of anilines is 1. The molecule has 3 aromatic rings. The first-order valence-electron chi connectivity index (χ1n) is 10.5. The van der Waals surface area contributed by atoms with Gasteiger partial charge in [0.1, 0.15) is 6.61 Å². The molecule has 0 aliphatic carbocycles. The molecule has 2 N–H and O–H groups in total. The molecule has 0 fully saturated rings. The number of rotatable bonds is 8. The van der Waals surface area contributed by atoms with Gasteiger partial charge in [0.15, 0.2) is 11.5 Å². The van der Waals surface area contributed by atoms with E-state index in [0.29, 0.717) is 43.9 Å². The normalized spacial score (nSPS) is 10.8. The number of halogens is 3. The number of carbonyl (C=O) groups excluding carboxylic acids is 2. The summed E-state index contributed by atoms with van der Waals surface area (Å²) in [5.41, 5.74) is 5.14. The number of nitrogens with one attached hydrogen (secondary N) is 2. The third kappa shape index (κ3) is 7.71. The fraction of sp³-hybridized carbons (Fsp3) is 0.160. The molecule has 10 heteroatoms. The lowest BCUT2D eigenvalue weighted by atomic mass is 10.2. The minimum atomic E-state index is -0.897. The highest BCUT2D eigenvalue weighted by atomic mass is 79.9. The summed E-state index contributed by atoms with van der Waals surface area (Å²) in [6.07, 6.45) is 1.39. The van der Waals surface area contributed by atoms with Crippen LogP contribution in [0.15, 0.2) is 64.2 Å². The second-order valence-electron chi connectivity index (χ2n) is 7.31. The summed E-state index contributed by atoms with van der Waals surface area (Å²) in [4.78, 5) is 24.1. The summed E-state index contributed by atoms with van der Waals surface area (Å²) >= 11 is 15.7. The fourth-order valence-corrected chi connectivity index (χ4v) is 3.93. The van der Waals surface area contributed by atoms with E-state index in [1.807, 2.05) is 26.0 Å². The van der Waals surface area contributed by atoms with E-state index in [0.717, 1.165) is 11.1 Å². The van der Waals surface area contributed by atoms with Crippen LogP contribution in [0.5, 0.6) is 11.5 Å². The first kappa shape index (κ1) is 26.5. The van der Waals surface area contributed by atoms with Crippen molar-refractivity contribution in [2.45, 2.75) is 20.5 Å². The van der Waals surface area contributed by atoms with E-state index in [4.69, 9.17) is 32.7 Å². The van der Waals surface area contributed by atoms with Crippen molar-refractivity contribution in [3.8, 4) is 11.5 Å². The highest BCUT2D eigenvalue weighted by Crippen LogP contribution is 2.37. The second-order valence-corrected chi connectivity index (χ2v) is 9.00. The number of hydrazone groups is 1. The van der Waals surface area contributed by atoms with Gasteiger partial charge >= 0.3 is 11.8 Å². The smallest absolute Gasteiger partial charge is 0.329 e. The van der Waals surface area contributed by atoms with Crippen LogP contribution in [-0.2, 0) is 16.2 Å². The van der Waals surface area contributed by atoms with E-state index in [-0.39, 0.29) is 6.61 Å². The van der Waals surface area contributed by atoms with Crippen molar-refractivity contribution in [1.29, 1.82) is 0 Å². The van der Waals surface area contributed by atoms with Gasteiger partial charge in [-0.3, -0.25) is 9.59 Å². The van der Waals surface area contributed by atoms with E-state index in [9.17, 15) is 9.59 Å². The number of hydrogen-bond acceptors (Lipinski definition) is 5. The summed E-state index contributed by atoms with van der Waals surface area (Å²) in [6, 6.07) is 15.7. The Hall–Kier alpha value is -3.07. The largest absolute Gasteiger partial charge is 0.490 e. The summed E-state index contributed by atoms with van der Waals surface area (Å²) in [5.74, 6) is -0.772. The van der Waals surface area contributed by atoms with Gasteiger partial charge in [-0.2, -0.15) is 5.10 Å². The highest BCUT2D eigenvalue weighted by Gasteiger charge is 2.15. The van der Waals surface area contributed by atoms with Gasteiger partial charge in [0.25, 0.3) is 0 Å². The Bertz CT molecular complexity index is 1250. The molecular formula is C25H22BrCl2N3O4. The van der Waals surface area contributed by atoms with Gasteiger partial charge in [-0.05, 0) is 71.7 Å². The zero-order chi connectivity index (χ0) is 25.4. The van der Waals surface area contributed by atoms with Gasteiger partial charge in [-0.25, -0.2) is 5.43 Å². The lowest BCUT2D eigenvalue weighted by Crippen LogP contribution is -2.32. The number of amides is 2. The van der Waals surface area contributed by atoms with Crippen molar-refractivity contribution in [1.82, 2.24) is 5.43 Å². The molecule has 0 heterocycles. The molecule has 3 rings (SSSR count). The SMILES string of the molecule is CCOc1cc(C=NNC(=O)C(=O)Nc2ccc(C)cc2)cc(Br)c1OCc1ccc(Cl)cc1Cl. The molecule has 3 aromatic carbocycles. The fourth-order valence-electron chi connectivity index (χ4n) is 2.90. The van der Waals surface area contributed by atoms with Gasteiger partial charge in [-0.1, -0.05) is 47.0 Å². The Morgan fingerprint density at radius 3 is 2.46 bits per heavy atom. The van der Waals surface area contributed by atoms with E-state index in [2.05, 4.69) is 31.8 Å². The van der Waals surface area contributed by atoms with Gasteiger partial charge < -0.3 is 14.8 Å². The molecule has 7 nitrogen and oxygen atoms in total. The Balaban J connectivity index is 1.66. The van der Waals surface area contributed by atoms with Crippen LogP contribution >= 0.6 is 39.1 Å². The molecule has 182 valence electrons. The number of nitrogens with zero attached hydrogens (tertiary/aromatic N) is 1. The van der Waals surface area contributed by atoms with Crippen LogP contribution in [0.2, 0.25) is 10.0 Å². The highest BCUT2D eigenvalue weighted by molar-refractivity contribution is 9.10. The molecule has 0 aliphatic heterocycles. The van der Waals surface area contributed by atoms with Crippen LogP contribution in [0.4, 0.5) is 5.69 Å². The predicted molar refractivity (Wildman–Crippen MR) is 142 cm³/mol. The first-order chi connectivity index (χ1) is 16.8. The summed E-state index contributed by atoms with van der Waals surface area (Å²) in [6.45, 7) is 4.38. The Labute approximate surface area is 221 Å². The van der Waals surface area contributed by atoms with Crippen LogP contribution in [0.3, 0.4) is 0 Å². The predicted octanol–water partition coefficient (Wildman–Crippen LogP) is 6.13. The second kappa shape index (κ2) is 12.6. The van der Waals surface area contributed by atoms with Crippen molar-refractivity contribution in [2.75, 3.05) is 11.9 Å². The average molecular weight is 579 g/mol. The lowest BCUT2D eigenvalue weighted by molar-refractivity contribution is -0.136. The quantitative estimate of drug-likeness (QED) is 0.191. The van der Waals surface area contributed by atoms with Crippen LogP contribution in [0.1, 0.15) is 23.6 Å². The Kier molecular flexibility index (Phi) is 9.54. The van der Waals surface area contributed by atoms with Crippen molar-refractivity contribution < 1.29 is 19.1 Å². The van der Waals surface area contributed by atoms with Crippen LogP contribution in [-0.4, -0.2) is 24.6 Å². The zero-order valence-electron chi connectivity index (χ0n) is 18.9. The van der Waals surface area contributed by atoms with E-state index in [1.165, 1.54) is 6.21 Å². The first-order valence-corrected chi connectivity index (χ1v) is 12.1. The zero-order valence-corrected chi connectivity index (χ0v) is 22.0. The molecule has 0 aliphatic rings. The standard InChI is InChI=1S/C25H22BrCl2N3O4/c1-3-34-22-11-16(10-20(26)23(22)35-14-17-6-7-18(27)12-21(17)28)13-29-31-25(33)24(32)30-19-8-4-15(2)5-9-19/h4-13H,3,14H2,1-2H3,(H,30,32)(H,31,33). The number of ether oxygens (including phenoxy) is 2. The lowest BCUT2D eigenvalue weighted by Gasteiger charge is -2.15. The minimum Gasteiger partial charge on any atom is -0.490 e. The van der Waals surface area contributed by atoms with Crippen molar-refractivity contribution in [2.24, 2.45) is 5.10 Å². The molecule has 0 saturated carbocycles. The van der Waals surface area contributed by atoms with E-state index < -0.39 is 11.8 Å². The average Bonchev–Trinajstić information content (AvgIpc) is 2.81. The topological polar surface area (TPSA) is 89.0 Å². The molecule has 2 amide bonds. The number of benzene rings is 3. The molecule has 0 bridgehead atoms. The molecule has 35 heavy (non-hydrogen) atoms. The van der Waals surface area contributed by atoms with E-state index >= 15 is 0 Å². The Morgan fingerprint density at radius 1 is 1.03 bits per heavy atom. The summed E-state index contributed by atoms with van der Waals surface area (Å²) in [5, 5.41) is 7.42. The van der Waals surface area contributed by atoms with Gasteiger partial charge in [0.2, 0.25) is 0 Å². The number of carbonyl (C=O) groups is 2. The maximum Gasteiger partial charge on any atom is 0.329 e. The van der Waals surface area contributed by atoms with Crippen molar-refractivity contribution >= 4 is 62.8 Å². The molecule has 0 unspecified atom stereocenters. The summed E-state index contributed by atoms with van der Waals surface area (Å²) in [7, 11) is 0. The monoisotopic (exact) mass is 577 g/mol. The van der Waals surface area contributed by atoms with Crippen LogP contribution in [0.25, 0.3) is 0 Å². The molecular weight excluding hydrogens is 557 g/mol. The Morgan fingerprint density at radius 2 is 1.77 bits per heavy atom. The molecule has 0 atom stereocenters. The third-order valence-electron chi connectivity index (χ3n) is 4.61. The van der Waals surface area contributed by atoms with E-state index in [1.54, 1.807) is 42.5 Å².